The van der Waals surface area contributed by atoms with Crippen molar-refractivity contribution in [3.8, 4) is 0 Å². The van der Waals surface area contributed by atoms with Crippen molar-refractivity contribution in [2.75, 3.05) is 13.1 Å². The van der Waals surface area contributed by atoms with Crippen molar-refractivity contribution in [2.45, 2.75) is 58.2 Å². The Balaban J connectivity index is 2.07. The average molecular weight is 283 g/mol. The minimum absolute atomic E-state index is 0.00904. The predicted molar refractivity (Wildman–Crippen MR) is 74.3 cm³/mol. The summed E-state index contributed by atoms with van der Waals surface area (Å²) in [5.74, 6) is -0.00904. The van der Waals surface area contributed by atoms with E-state index >= 15 is 0 Å². The molecule has 2 aliphatic rings. The number of aldehydes is 1. The standard InChI is InChI=1S/C15H25NO4/c1-14(2,3)20-13(19)16-8-4-7-15(9-16,10-17)11-5-6-12(11)18/h10-12,18H,4-9H2,1-3H3. The van der Waals surface area contributed by atoms with Crippen LogP contribution in [0.2, 0.25) is 0 Å². The third-order valence-corrected chi connectivity index (χ3v) is 4.42. The summed E-state index contributed by atoms with van der Waals surface area (Å²) in [7, 11) is 0. The molecule has 114 valence electrons. The van der Waals surface area contributed by atoms with Gasteiger partial charge in [-0.2, -0.15) is 0 Å². The highest BCUT2D eigenvalue weighted by molar-refractivity contribution is 5.70. The van der Waals surface area contributed by atoms with Crippen molar-refractivity contribution in [3.63, 3.8) is 0 Å². The van der Waals surface area contributed by atoms with E-state index in [1.807, 2.05) is 20.8 Å². The van der Waals surface area contributed by atoms with Crippen LogP contribution in [0.3, 0.4) is 0 Å². The van der Waals surface area contributed by atoms with Gasteiger partial charge in [0.25, 0.3) is 0 Å². The molecule has 0 aromatic rings. The van der Waals surface area contributed by atoms with Gasteiger partial charge in [0, 0.05) is 18.5 Å². The number of likely N-dealkylation sites (tertiary alicyclic amines) is 1. The molecule has 1 aliphatic carbocycles. The van der Waals surface area contributed by atoms with E-state index in [1.54, 1.807) is 4.90 Å². The molecule has 1 N–H and O–H groups in total. The van der Waals surface area contributed by atoms with Gasteiger partial charge in [-0.25, -0.2) is 4.79 Å². The van der Waals surface area contributed by atoms with Gasteiger partial charge in [-0.3, -0.25) is 0 Å². The number of amides is 1. The van der Waals surface area contributed by atoms with Crippen LogP contribution in [0.15, 0.2) is 0 Å². The van der Waals surface area contributed by atoms with E-state index < -0.39 is 17.1 Å². The molecule has 3 atom stereocenters. The summed E-state index contributed by atoms with van der Waals surface area (Å²) in [4.78, 5) is 25.4. The molecule has 2 fully saturated rings. The largest absolute Gasteiger partial charge is 0.444 e. The summed E-state index contributed by atoms with van der Waals surface area (Å²) in [6, 6.07) is 0. The van der Waals surface area contributed by atoms with Crippen LogP contribution < -0.4 is 0 Å². The minimum Gasteiger partial charge on any atom is -0.444 e. The number of hydrogen-bond acceptors (Lipinski definition) is 4. The molecule has 20 heavy (non-hydrogen) atoms. The van der Waals surface area contributed by atoms with E-state index in [0.29, 0.717) is 13.1 Å². The molecule has 2 rings (SSSR count). The second-order valence-electron chi connectivity index (χ2n) is 7.11. The van der Waals surface area contributed by atoms with Crippen LogP contribution in [0.4, 0.5) is 4.79 Å². The van der Waals surface area contributed by atoms with Crippen molar-refractivity contribution >= 4 is 12.4 Å². The number of ether oxygens (including phenoxy) is 1. The van der Waals surface area contributed by atoms with Gasteiger partial charge in [0.2, 0.25) is 0 Å². The molecule has 0 radical (unpaired) electrons. The Hall–Kier alpha value is -1.10. The Morgan fingerprint density at radius 1 is 1.40 bits per heavy atom. The molecule has 1 saturated carbocycles. The molecule has 0 spiro atoms. The first-order chi connectivity index (χ1) is 9.27. The number of piperidine rings is 1. The van der Waals surface area contributed by atoms with Crippen LogP contribution in [-0.2, 0) is 9.53 Å². The number of rotatable bonds is 2. The van der Waals surface area contributed by atoms with E-state index in [4.69, 9.17) is 4.74 Å². The first-order valence-electron chi connectivity index (χ1n) is 7.40. The number of aliphatic hydroxyl groups is 1. The maximum Gasteiger partial charge on any atom is 0.410 e. The van der Waals surface area contributed by atoms with Gasteiger partial charge in [-0.15, -0.1) is 0 Å². The number of hydrogen-bond donors (Lipinski definition) is 1. The SMILES string of the molecule is CC(C)(C)OC(=O)N1CCCC(C=O)(C2CCC2O)C1. The van der Waals surface area contributed by atoms with Crippen LogP contribution in [0.25, 0.3) is 0 Å². The number of aliphatic hydroxyl groups excluding tert-OH is 1. The Morgan fingerprint density at radius 2 is 2.10 bits per heavy atom. The molecule has 0 aromatic heterocycles. The average Bonchev–Trinajstić information content (AvgIpc) is 2.35. The summed E-state index contributed by atoms with van der Waals surface area (Å²) >= 11 is 0. The maximum absolute atomic E-state index is 12.2. The molecule has 5 heteroatoms. The van der Waals surface area contributed by atoms with Gasteiger partial charge in [0.05, 0.1) is 6.10 Å². The highest BCUT2D eigenvalue weighted by Gasteiger charge is 2.50. The highest BCUT2D eigenvalue weighted by atomic mass is 16.6. The number of nitrogens with zero attached hydrogens (tertiary/aromatic N) is 1. The molecule has 1 saturated heterocycles. The summed E-state index contributed by atoms with van der Waals surface area (Å²) in [5.41, 5.74) is -1.12. The Morgan fingerprint density at radius 3 is 2.55 bits per heavy atom. The fraction of sp³-hybridized carbons (Fsp3) is 0.867. The summed E-state index contributed by atoms with van der Waals surface area (Å²) in [6.07, 6.45) is 3.33. The van der Waals surface area contributed by atoms with Gasteiger partial charge in [-0.1, -0.05) is 0 Å². The monoisotopic (exact) mass is 283 g/mol. The summed E-state index contributed by atoms with van der Waals surface area (Å²) in [6.45, 7) is 6.48. The van der Waals surface area contributed by atoms with Crippen LogP contribution >= 0.6 is 0 Å². The van der Waals surface area contributed by atoms with Gasteiger partial charge in [0.1, 0.15) is 11.9 Å². The fourth-order valence-corrected chi connectivity index (χ4v) is 3.23. The second-order valence-corrected chi connectivity index (χ2v) is 7.11. The lowest BCUT2D eigenvalue weighted by Gasteiger charge is -2.49. The number of carbonyl (C=O) groups is 2. The van der Waals surface area contributed by atoms with Gasteiger partial charge >= 0.3 is 6.09 Å². The zero-order valence-corrected chi connectivity index (χ0v) is 12.6. The van der Waals surface area contributed by atoms with Crippen LogP contribution in [0, 0.1) is 11.3 Å². The van der Waals surface area contributed by atoms with Crippen molar-refractivity contribution < 1.29 is 19.4 Å². The Labute approximate surface area is 120 Å². The van der Waals surface area contributed by atoms with Crippen LogP contribution in [-0.4, -0.2) is 47.2 Å². The van der Waals surface area contributed by atoms with E-state index in [2.05, 4.69) is 0 Å². The zero-order valence-electron chi connectivity index (χ0n) is 12.6. The van der Waals surface area contributed by atoms with Crippen LogP contribution in [0.1, 0.15) is 46.5 Å². The van der Waals surface area contributed by atoms with Gasteiger partial charge < -0.3 is 19.5 Å². The van der Waals surface area contributed by atoms with Crippen molar-refractivity contribution in [2.24, 2.45) is 11.3 Å². The van der Waals surface area contributed by atoms with E-state index in [1.165, 1.54) is 0 Å². The smallest absolute Gasteiger partial charge is 0.410 e. The topological polar surface area (TPSA) is 66.8 Å². The molecule has 0 aromatic carbocycles. The van der Waals surface area contributed by atoms with Crippen molar-refractivity contribution in [3.05, 3.63) is 0 Å². The molecule has 1 aliphatic heterocycles. The number of carbonyl (C=O) groups excluding carboxylic acids is 2. The molecular formula is C15H25NO4. The molecule has 0 bridgehead atoms. The maximum atomic E-state index is 12.2. The predicted octanol–water partition coefficient (Wildman–Crippen LogP) is 1.97. The van der Waals surface area contributed by atoms with Gasteiger partial charge in [0.15, 0.2) is 0 Å². The van der Waals surface area contributed by atoms with E-state index in [0.717, 1.165) is 32.0 Å². The summed E-state index contributed by atoms with van der Waals surface area (Å²) < 4.78 is 5.38. The molecule has 3 unspecified atom stereocenters. The zero-order chi connectivity index (χ0) is 15.0. The first kappa shape index (κ1) is 15.3. The molecule has 5 nitrogen and oxygen atoms in total. The van der Waals surface area contributed by atoms with Crippen molar-refractivity contribution in [1.29, 1.82) is 0 Å². The van der Waals surface area contributed by atoms with Crippen molar-refractivity contribution in [1.82, 2.24) is 4.90 Å². The molecular weight excluding hydrogens is 258 g/mol. The third kappa shape index (κ3) is 2.97. The Kier molecular flexibility index (Phi) is 4.09. The lowest BCUT2D eigenvalue weighted by Crippen LogP contribution is -2.56. The second kappa shape index (κ2) is 5.35. The van der Waals surface area contributed by atoms with E-state index in [-0.39, 0.29) is 12.0 Å². The fourth-order valence-electron chi connectivity index (χ4n) is 3.23. The minimum atomic E-state index is -0.590. The summed E-state index contributed by atoms with van der Waals surface area (Å²) in [5, 5.41) is 9.87. The van der Waals surface area contributed by atoms with Gasteiger partial charge in [-0.05, 0) is 52.4 Å². The highest BCUT2D eigenvalue weighted by Crippen LogP contribution is 2.46. The lowest BCUT2D eigenvalue weighted by atomic mass is 9.61. The molecule has 1 heterocycles. The lowest BCUT2D eigenvalue weighted by molar-refractivity contribution is -0.135. The normalized spacial score (nSPS) is 34.3. The first-order valence-corrected chi connectivity index (χ1v) is 7.40. The Bertz CT molecular complexity index is 390. The van der Waals surface area contributed by atoms with Crippen LogP contribution in [0.5, 0.6) is 0 Å². The van der Waals surface area contributed by atoms with E-state index in [9.17, 15) is 14.7 Å². The quantitative estimate of drug-likeness (QED) is 0.787. The third-order valence-electron chi connectivity index (χ3n) is 4.42. The molecule has 1 amide bonds.